The Bertz CT molecular complexity index is 359. The number of rotatable bonds is 6. The van der Waals surface area contributed by atoms with Crippen molar-refractivity contribution in [2.24, 2.45) is 0 Å². The predicted molar refractivity (Wildman–Crippen MR) is 68.4 cm³/mol. The van der Waals surface area contributed by atoms with E-state index in [4.69, 9.17) is 9.47 Å². The largest absolute Gasteiger partial charge is 0.508 e. The topological polar surface area (TPSA) is 44.8 Å². The van der Waals surface area contributed by atoms with E-state index in [0.29, 0.717) is 13.2 Å². The van der Waals surface area contributed by atoms with E-state index in [2.05, 4.69) is 4.74 Å². The third kappa shape index (κ3) is 4.75. The standard InChI is InChI=1S/C14H20O4/c1-4-16-13(15)17-10-11-18-14(2,3)12-8-6-5-7-9-12/h5-9H,4,10-11H2,1-3H3. The Morgan fingerprint density at radius 2 is 1.78 bits per heavy atom. The fraction of sp³-hybridized carbons (Fsp3) is 0.500. The number of hydrogen-bond acceptors (Lipinski definition) is 4. The summed E-state index contributed by atoms with van der Waals surface area (Å²) < 4.78 is 15.2. The van der Waals surface area contributed by atoms with Crippen LogP contribution in [0.1, 0.15) is 26.3 Å². The van der Waals surface area contributed by atoms with E-state index in [1.165, 1.54) is 0 Å². The Kier molecular flexibility index (Phi) is 5.65. The minimum atomic E-state index is -0.654. The second-order valence-electron chi connectivity index (χ2n) is 4.26. The molecule has 0 atom stereocenters. The van der Waals surface area contributed by atoms with E-state index in [1.54, 1.807) is 6.92 Å². The van der Waals surface area contributed by atoms with Crippen molar-refractivity contribution in [2.45, 2.75) is 26.4 Å². The molecule has 4 nitrogen and oxygen atoms in total. The maximum atomic E-state index is 10.9. The van der Waals surface area contributed by atoms with Crippen LogP contribution in [0.2, 0.25) is 0 Å². The van der Waals surface area contributed by atoms with Crippen molar-refractivity contribution < 1.29 is 19.0 Å². The van der Waals surface area contributed by atoms with Gasteiger partial charge < -0.3 is 14.2 Å². The molecule has 0 saturated carbocycles. The molecule has 4 heteroatoms. The summed E-state index contributed by atoms with van der Waals surface area (Å²) in [6.07, 6.45) is -0.654. The molecule has 0 aliphatic heterocycles. The minimum absolute atomic E-state index is 0.190. The molecule has 1 aromatic carbocycles. The summed E-state index contributed by atoms with van der Waals surface area (Å²) in [5, 5.41) is 0. The van der Waals surface area contributed by atoms with E-state index in [1.807, 2.05) is 44.2 Å². The lowest BCUT2D eigenvalue weighted by atomic mass is 9.98. The molecular formula is C14H20O4. The first-order valence-electron chi connectivity index (χ1n) is 6.05. The molecule has 1 aromatic rings. The van der Waals surface area contributed by atoms with Gasteiger partial charge in [0.2, 0.25) is 0 Å². The number of ether oxygens (including phenoxy) is 3. The average Bonchev–Trinajstić information content (AvgIpc) is 2.36. The first-order chi connectivity index (χ1) is 8.56. The highest BCUT2D eigenvalue weighted by molar-refractivity contribution is 5.59. The van der Waals surface area contributed by atoms with E-state index in [0.717, 1.165) is 5.56 Å². The Morgan fingerprint density at radius 3 is 2.39 bits per heavy atom. The van der Waals surface area contributed by atoms with Gasteiger partial charge in [-0.2, -0.15) is 0 Å². The third-order valence-corrected chi connectivity index (χ3v) is 2.50. The highest BCUT2D eigenvalue weighted by Crippen LogP contribution is 2.23. The van der Waals surface area contributed by atoms with Gasteiger partial charge >= 0.3 is 6.16 Å². The summed E-state index contributed by atoms with van der Waals surface area (Å²) in [5.41, 5.74) is 0.681. The van der Waals surface area contributed by atoms with Crippen LogP contribution in [0.3, 0.4) is 0 Å². The third-order valence-electron chi connectivity index (χ3n) is 2.50. The van der Waals surface area contributed by atoms with E-state index in [-0.39, 0.29) is 6.61 Å². The number of hydrogen-bond donors (Lipinski definition) is 0. The molecule has 0 aliphatic carbocycles. The fourth-order valence-electron chi connectivity index (χ4n) is 1.50. The van der Waals surface area contributed by atoms with Crippen molar-refractivity contribution in [1.82, 2.24) is 0 Å². The van der Waals surface area contributed by atoms with Crippen LogP contribution >= 0.6 is 0 Å². The van der Waals surface area contributed by atoms with Crippen LogP contribution in [0.15, 0.2) is 30.3 Å². The molecule has 0 aliphatic rings. The molecule has 18 heavy (non-hydrogen) atoms. The highest BCUT2D eigenvalue weighted by atomic mass is 16.7. The number of benzene rings is 1. The maximum Gasteiger partial charge on any atom is 0.508 e. The van der Waals surface area contributed by atoms with Crippen LogP contribution in [0.5, 0.6) is 0 Å². The molecular weight excluding hydrogens is 232 g/mol. The second kappa shape index (κ2) is 7.01. The zero-order valence-electron chi connectivity index (χ0n) is 11.1. The first-order valence-corrected chi connectivity index (χ1v) is 6.05. The summed E-state index contributed by atoms with van der Waals surface area (Å²) in [5.74, 6) is 0. The van der Waals surface area contributed by atoms with Crippen LogP contribution in [0, 0.1) is 0 Å². The Balaban J connectivity index is 2.32. The zero-order chi connectivity index (χ0) is 13.4. The van der Waals surface area contributed by atoms with Crippen LogP contribution in [0.4, 0.5) is 4.79 Å². The van der Waals surface area contributed by atoms with Gasteiger partial charge in [0.05, 0.1) is 18.8 Å². The lowest BCUT2D eigenvalue weighted by Gasteiger charge is -2.25. The highest BCUT2D eigenvalue weighted by Gasteiger charge is 2.20. The monoisotopic (exact) mass is 252 g/mol. The molecule has 0 amide bonds. The quantitative estimate of drug-likeness (QED) is 0.576. The molecule has 0 saturated heterocycles. The van der Waals surface area contributed by atoms with Crippen LogP contribution in [-0.4, -0.2) is 26.0 Å². The van der Waals surface area contributed by atoms with E-state index >= 15 is 0 Å². The predicted octanol–water partition coefficient (Wildman–Crippen LogP) is 3.11. The smallest absolute Gasteiger partial charge is 0.435 e. The lowest BCUT2D eigenvalue weighted by molar-refractivity contribution is -0.0467. The Morgan fingerprint density at radius 1 is 1.11 bits per heavy atom. The summed E-state index contributed by atoms with van der Waals surface area (Å²) in [4.78, 5) is 10.9. The van der Waals surface area contributed by atoms with Gasteiger partial charge in [0.1, 0.15) is 6.61 Å². The normalized spacial score (nSPS) is 11.1. The zero-order valence-corrected chi connectivity index (χ0v) is 11.1. The summed E-state index contributed by atoms with van der Waals surface area (Å²) in [6.45, 7) is 6.53. The van der Waals surface area contributed by atoms with Crippen molar-refractivity contribution in [1.29, 1.82) is 0 Å². The van der Waals surface area contributed by atoms with E-state index < -0.39 is 11.8 Å². The van der Waals surface area contributed by atoms with Gasteiger partial charge in [0.25, 0.3) is 0 Å². The van der Waals surface area contributed by atoms with Crippen LogP contribution in [-0.2, 0) is 19.8 Å². The minimum Gasteiger partial charge on any atom is -0.435 e. The van der Waals surface area contributed by atoms with Crippen molar-refractivity contribution in [3.63, 3.8) is 0 Å². The fourth-order valence-corrected chi connectivity index (χ4v) is 1.50. The maximum absolute atomic E-state index is 10.9. The molecule has 0 N–H and O–H groups in total. The van der Waals surface area contributed by atoms with Gasteiger partial charge in [0, 0.05) is 0 Å². The summed E-state index contributed by atoms with van der Waals surface area (Å²) in [7, 11) is 0. The SMILES string of the molecule is CCOC(=O)OCCOC(C)(C)c1ccccc1. The number of carbonyl (C=O) groups is 1. The van der Waals surface area contributed by atoms with Gasteiger partial charge in [-0.1, -0.05) is 30.3 Å². The van der Waals surface area contributed by atoms with Gasteiger partial charge in [-0.25, -0.2) is 4.79 Å². The van der Waals surface area contributed by atoms with E-state index in [9.17, 15) is 4.79 Å². The molecule has 1 rings (SSSR count). The molecule has 0 fully saturated rings. The summed E-state index contributed by atoms with van der Waals surface area (Å²) >= 11 is 0. The van der Waals surface area contributed by atoms with Crippen LogP contribution < -0.4 is 0 Å². The lowest BCUT2D eigenvalue weighted by Crippen LogP contribution is -2.24. The Labute approximate surface area is 108 Å². The Hall–Kier alpha value is -1.55. The average molecular weight is 252 g/mol. The molecule has 0 spiro atoms. The van der Waals surface area contributed by atoms with Crippen molar-refractivity contribution >= 4 is 6.16 Å². The molecule has 100 valence electrons. The number of carbonyl (C=O) groups excluding carboxylic acids is 1. The molecule has 0 bridgehead atoms. The van der Waals surface area contributed by atoms with Crippen molar-refractivity contribution in [3.8, 4) is 0 Å². The molecule has 0 aromatic heterocycles. The molecule has 0 radical (unpaired) electrons. The van der Waals surface area contributed by atoms with Crippen molar-refractivity contribution in [2.75, 3.05) is 19.8 Å². The summed E-state index contributed by atoms with van der Waals surface area (Å²) in [6, 6.07) is 9.91. The molecule has 0 unspecified atom stereocenters. The van der Waals surface area contributed by atoms with Gasteiger partial charge in [-0.05, 0) is 26.3 Å². The molecule has 0 heterocycles. The second-order valence-corrected chi connectivity index (χ2v) is 4.26. The van der Waals surface area contributed by atoms with Gasteiger partial charge in [-0.3, -0.25) is 0 Å². The van der Waals surface area contributed by atoms with Gasteiger partial charge in [0.15, 0.2) is 0 Å². The van der Waals surface area contributed by atoms with Crippen LogP contribution in [0.25, 0.3) is 0 Å². The van der Waals surface area contributed by atoms with Gasteiger partial charge in [-0.15, -0.1) is 0 Å². The van der Waals surface area contributed by atoms with Crippen molar-refractivity contribution in [3.05, 3.63) is 35.9 Å². The first kappa shape index (κ1) is 14.5.